The number of halogens is 1. The fourth-order valence-electron chi connectivity index (χ4n) is 1.15. The zero-order valence-electron chi connectivity index (χ0n) is 8.54. The van der Waals surface area contributed by atoms with E-state index in [1.165, 1.54) is 32.4 Å². The van der Waals surface area contributed by atoms with Crippen LogP contribution in [0.2, 0.25) is 5.02 Å². The molecule has 1 aromatic carbocycles. The lowest BCUT2D eigenvalue weighted by atomic mass is 10.1. The quantitative estimate of drug-likeness (QED) is 0.585. The van der Waals surface area contributed by atoms with Crippen LogP contribution in [-0.4, -0.2) is 20.0 Å². The molecule has 0 radical (unpaired) electrons. The lowest BCUT2D eigenvalue weighted by Crippen LogP contribution is -1.98. The van der Waals surface area contributed by atoms with Gasteiger partial charge in [-0.25, -0.2) is 0 Å². The summed E-state index contributed by atoms with van der Waals surface area (Å²) in [6.07, 6.45) is 1.20. The lowest BCUT2D eigenvalue weighted by Gasteiger charge is -2.09. The molecule has 15 heavy (non-hydrogen) atoms. The molecule has 3 nitrogen and oxygen atoms in total. The number of hydrogen-bond donors (Lipinski definition) is 0. The Morgan fingerprint density at radius 2 is 1.87 bits per heavy atom. The standard InChI is InChI=1S/C11H11ClO3/c1-4-9(13)7-5-10(14-2)11(15-3)6-8(7)12/h4-6H,1H2,2-3H3. The van der Waals surface area contributed by atoms with Crippen molar-refractivity contribution in [1.29, 1.82) is 0 Å². The van der Waals surface area contributed by atoms with Crippen molar-refractivity contribution in [2.75, 3.05) is 14.2 Å². The van der Waals surface area contributed by atoms with Crippen LogP contribution in [-0.2, 0) is 0 Å². The highest BCUT2D eigenvalue weighted by molar-refractivity contribution is 6.34. The predicted molar refractivity (Wildman–Crippen MR) is 59.1 cm³/mol. The second kappa shape index (κ2) is 4.84. The highest BCUT2D eigenvalue weighted by Crippen LogP contribution is 2.33. The predicted octanol–water partition coefficient (Wildman–Crippen LogP) is 2.73. The molecule has 0 N–H and O–H groups in total. The fourth-order valence-corrected chi connectivity index (χ4v) is 1.40. The second-order valence-corrected chi connectivity index (χ2v) is 3.16. The summed E-state index contributed by atoms with van der Waals surface area (Å²) < 4.78 is 10.1. The van der Waals surface area contributed by atoms with Gasteiger partial charge < -0.3 is 9.47 Å². The topological polar surface area (TPSA) is 35.5 Å². The molecule has 80 valence electrons. The van der Waals surface area contributed by atoms with Crippen molar-refractivity contribution in [3.63, 3.8) is 0 Å². The first-order valence-corrected chi connectivity index (χ1v) is 4.60. The third-order valence-corrected chi connectivity index (χ3v) is 2.24. The minimum Gasteiger partial charge on any atom is -0.493 e. The van der Waals surface area contributed by atoms with Crippen LogP contribution >= 0.6 is 11.6 Å². The molecule has 0 fully saturated rings. The van der Waals surface area contributed by atoms with Gasteiger partial charge in [-0.2, -0.15) is 0 Å². The maximum Gasteiger partial charge on any atom is 0.186 e. The Balaban J connectivity index is 3.31. The molecule has 4 heteroatoms. The van der Waals surface area contributed by atoms with E-state index in [4.69, 9.17) is 21.1 Å². The maximum absolute atomic E-state index is 11.4. The van der Waals surface area contributed by atoms with Crippen molar-refractivity contribution in [2.45, 2.75) is 0 Å². The SMILES string of the molecule is C=CC(=O)c1cc(OC)c(OC)cc1Cl. The Morgan fingerprint density at radius 3 is 2.33 bits per heavy atom. The molecule has 0 unspecified atom stereocenters. The van der Waals surface area contributed by atoms with Gasteiger partial charge >= 0.3 is 0 Å². The van der Waals surface area contributed by atoms with Crippen LogP contribution in [0.4, 0.5) is 0 Å². The van der Waals surface area contributed by atoms with E-state index in [2.05, 4.69) is 6.58 Å². The summed E-state index contributed by atoms with van der Waals surface area (Å²) in [5, 5.41) is 0.317. The normalized spacial score (nSPS) is 9.53. The van der Waals surface area contributed by atoms with Crippen molar-refractivity contribution < 1.29 is 14.3 Å². The first kappa shape index (κ1) is 11.6. The van der Waals surface area contributed by atoms with E-state index in [1.54, 1.807) is 0 Å². The molecule has 0 aliphatic rings. The minimum atomic E-state index is -0.249. The molecule has 0 aromatic heterocycles. The lowest BCUT2D eigenvalue weighted by molar-refractivity contribution is 0.104. The maximum atomic E-state index is 11.4. The summed E-state index contributed by atoms with van der Waals surface area (Å²) in [6.45, 7) is 3.40. The van der Waals surface area contributed by atoms with Gasteiger partial charge in [-0.05, 0) is 12.1 Å². The van der Waals surface area contributed by atoms with Gasteiger partial charge in [-0.1, -0.05) is 18.2 Å². The van der Waals surface area contributed by atoms with Gasteiger partial charge in [0.05, 0.1) is 19.2 Å². The van der Waals surface area contributed by atoms with Crippen LogP contribution in [0.25, 0.3) is 0 Å². The summed E-state index contributed by atoms with van der Waals surface area (Å²) >= 11 is 5.91. The van der Waals surface area contributed by atoms with Crippen molar-refractivity contribution in [3.05, 3.63) is 35.4 Å². The third-order valence-electron chi connectivity index (χ3n) is 1.92. The van der Waals surface area contributed by atoms with E-state index < -0.39 is 0 Å². The number of carbonyl (C=O) groups excluding carboxylic acids is 1. The Kier molecular flexibility index (Phi) is 3.74. The Hall–Kier alpha value is -1.48. The number of benzene rings is 1. The number of ether oxygens (including phenoxy) is 2. The van der Waals surface area contributed by atoms with Crippen molar-refractivity contribution in [3.8, 4) is 11.5 Å². The summed E-state index contributed by atoms with van der Waals surface area (Å²) in [5.41, 5.74) is 0.351. The molecule has 0 heterocycles. The van der Waals surface area contributed by atoms with Crippen LogP contribution in [0.15, 0.2) is 24.8 Å². The molecule has 0 amide bonds. The number of carbonyl (C=O) groups is 1. The highest BCUT2D eigenvalue weighted by Gasteiger charge is 2.13. The Morgan fingerprint density at radius 1 is 1.33 bits per heavy atom. The summed E-state index contributed by atoms with van der Waals surface area (Å²) in [7, 11) is 3.00. The molecule has 1 aromatic rings. The van der Waals surface area contributed by atoms with E-state index in [0.717, 1.165) is 0 Å². The van der Waals surface area contributed by atoms with Gasteiger partial charge in [-0.3, -0.25) is 4.79 Å². The Labute approximate surface area is 93.3 Å². The second-order valence-electron chi connectivity index (χ2n) is 2.76. The van der Waals surface area contributed by atoms with Gasteiger partial charge in [0.25, 0.3) is 0 Å². The van der Waals surface area contributed by atoms with E-state index in [0.29, 0.717) is 22.1 Å². The molecule has 0 saturated carbocycles. The van der Waals surface area contributed by atoms with Gasteiger partial charge in [0.15, 0.2) is 17.3 Å². The summed E-state index contributed by atoms with van der Waals surface area (Å²) in [5.74, 6) is 0.705. The average Bonchev–Trinajstić information content (AvgIpc) is 2.27. The molecule has 0 spiro atoms. The van der Waals surface area contributed by atoms with Crippen LogP contribution in [0.1, 0.15) is 10.4 Å². The number of rotatable bonds is 4. The minimum absolute atomic E-state index is 0.249. The summed E-state index contributed by atoms with van der Waals surface area (Å²) in [4.78, 5) is 11.4. The van der Waals surface area contributed by atoms with Crippen molar-refractivity contribution >= 4 is 17.4 Å². The largest absolute Gasteiger partial charge is 0.493 e. The van der Waals surface area contributed by atoms with E-state index >= 15 is 0 Å². The molecular formula is C11H11ClO3. The van der Waals surface area contributed by atoms with Gasteiger partial charge in [-0.15, -0.1) is 0 Å². The van der Waals surface area contributed by atoms with Gasteiger partial charge in [0.2, 0.25) is 0 Å². The monoisotopic (exact) mass is 226 g/mol. The smallest absolute Gasteiger partial charge is 0.186 e. The van der Waals surface area contributed by atoms with Gasteiger partial charge in [0.1, 0.15) is 0 Å². The number of allylic oxidation sites excluding steroid dienone is 1. The summed E-state index contributed by atoms with van der Waals surface area (Å²) in [6, 6.07) is 3.07. The number of methoxy groups -OCH3 is 2. The molecule has 1 rings (SSSR count). The van der Waals surface area contributed by atoms with Gasteiger partial charge in [0, 0.05) is 11.6 Å². The molecular weight excluding hydrogens is 216 g/mol. The van der Waals surface area contributed by atoms with E-state index in [-0.39, 0.29) is 5.78 Å². The zero-order chi connectivity index (χ0) is 11.4. The molecule has 0 aliphatic carbocycles. The van der Waals surface area contributed by atoms with Crippen LogP contribution in [0.3, 0.4) is 0 Å². The average molecular weight is 227 g/mol. The first-order chi connectivity index (χ1) is 7.13. The third kappa shape index (κ3) is 2.30. The number of hydrogen-bond acceptors (Lipinski definition) is 3. The van der Waals surface area contributed by atoms with Crippen LogP contribution < -0.4 is 9.47 Å². The van der Waals surface area contributed by atoms with Crippen LogP contribution in [0, 0.1) is 0 Å². The first-order valence-electron chi connectivity index (χ1n) is 4.22. The van der Waals surface area contributed by atoms with E-state index in [9.17, 15) is 4.79 Å². The zero-order valence-corrected chi connectivity index (χ0v) is 9.30. The van der Waals surface area contributed by atoms with Crippen molar-refractivity contribution in [1.82, 2.24) is 0 Å². The molecule has 0 saturated heterocycles. The number of ketones is 1. The fraction of sp³-hybridized carbons (Fsp3) is 0.182. The molecule has 0 atom stereocenters. The van der Waals surface area contributed by atoms with Crippen LogP contribution in [0.5, 0.6) is 11.5 Å². The van der Waals surface area contributed by atoms with E-state index in [1.807, 2.05) is 0 Å². The highest BCUT2D eigenvalue weighted by atomic mass is 35.5. The Bertz CT molecular complexity index is 399. The molecule has 0 bridgehead atoms. The molecule has 0 aliphatic heterocycles. The van der Waals surface area contributed by atoms with Crippen molar-refractivity contribution in [2.24, 2.45) is 0 Å².